The average molecular weight is 366 g/mol. The van der Waals surface area contributed by atoms with E-state index in [1.54, 1.807) is 12.1 Å². The number of rotatable bonds is 3. The van der Waals surface area contributed by atoms with E-state index >= 15 is 0 Å². The number of nitrogens with zero attached hydrogens (tertiary/aromatic N) is 3. The zero-order valence-electron chi connectivity index (χ0n) is 14.3. The van der Waals surface area contributed by atoms with Crippen molar-refractivity contribution < 1.29 is 13.5 Å². The van der Waals surface area contributed by atoms with E-state index in [4.69, 9.17) is 5.41 Å². The highest BCUT2D eigenvalue weighted by atomic mass is 19.3. The van der Waals surface area contributed by atoms with Crippen molar-refractivity contribution in [3.05, 3.63) is 41.5 Å². The third-order valence-electron chi connectivity index (χ3n) is 5.40. The Balaban J connectivity index is 2.26. The molecule has 27 heavy (non-hydrogen) atoms. The first kappa shape index (κ1) is 18.5. The Kier molecular flexibility index (Phi) is 4.93. The zero-order chi connectivity index (χ0) is 19.6. The highest BCUT2D eigenvalue weighted by Crippen LogP contribution is 2.56. The molecule has 0 saturated heterocycles. The summed E-state index contributed by atoms with van der Waals surface area (Å²) < 4.78 is 30.4. The zero-order valence-corrected chi connectivity index (χ0v) is 14.3. The van der Waals surface area contributed by atoms with E-state index in [-0.39, 0.29) is 17.4 Å². The number of halogens is 2. The molecule has 136 valence electrons. The molecule has 0 unspecified atom stereocenters. The van der Waals surface area contributed by atoms with Crippen LogP contribution in [0.5, 0.6) is 5.75 Å². The van der Waals surface area contributed by atoms with Crippen LogP contribution in [-0.4, -0.2) is 12.3 Å². The Morgan fingerprint density at radius 2 is 1.89 bits per heavy atom. The van der Waals surface area contributed by atoms with E-state index < -0.39 is 23.9 Å². The van der Waals surface area contributed by atoms with Crippen molar-refractivity contribution in [2.24, 2.45) is 17.3 Å². The van der Waals surface area contributed by atoms with Crippen molar-refractivity contribution in [3.63, 3.8) is 0 Å². The van der Waals surface area contributed by atoms with Crippen LogP contribution in [0.4, 0.5) is 8.78 Å². The summed E-state index contributed by atoms with van der Waals surface area (Å²) in [5.41, 5.74) is -1.22. The summed E-state index contributed by atoms with van der Waals surface area (Å²) in [6.07, 6.45) is 4.03. The molecule has 1 aromatic rings. The molecule has 1 aromatic carbocycles. The van der Waals surface area contributed by atoms with Gasteiger partial charge >= 0.3 is 6.61 Å². The topological polar surface area (TPSA) is 104 Å². The lowest BCUT2D eigenvalue weighted by Crippen LogP contribution is -2.48. The summed E-state index contributed by atoms with van der Waals surface area (Å²) in [6.45, 7) is -3.05. The summed E-state index contributed by atoms with van der Waals surface area (Å²) in [4.78, 5) is 0. The molecule has 1 fully saturated rings. The Hall–Kier alpha value is -3.24. The highest BCUT2D eigenvalue weighted by molar-refractivity contribution is 6.00. The summed E-state index contributed by atoms with van der Waals surface area (Å²) in [6, 6.07) is 12.0. The third kappa shape index (κ3) is 2.84. The minimum atomic E-state index is -3.05. The number of para-hydroxylation sites is 1. The first-order valence-corrected chi connectivity index (χ1v) is 8.54. The summed E-state index contributed by atoms with van der Waals surface area (Å²) in [5, 5.41) is 37.8. The molecule has 3 atom stereocenters. The van der Waals surface area contributed by atoms with E-state index in [2.05, 4.69) is 4.74 Å². The number of fused-ring (bicyclic) bond motifs is 1. The van der Waals surface area contributed by atoms with Gasteiger partial charge in [-0.05, 0) is 36.8 Å². The number of nitriles is 3. The number of hydrogen-bond donors (Lipinski definition) is 1. The van der Waals surface area contributed by atoms with E-state index in [0.29, 0.717) is 17.6 Å². The lowest BCUT2D eigenvalue weighted by Gasteiger charge is -2.46. The van der Waals surface area contributed by atoms with Crippen LogP contribution >= 0.6 is 0 Å². The lowest BCUT2D eigenvalue weighted by molar-refractivity contribution is -0.0509. The van der Waals surface area contributed by atoms with Crippen LogP contribution in [0.3, 0.4) is 0 Å². The molecule has 5 nitrogen and oxygen atoms in total. The van der Waals surface area contributed by atoms with Crippen molar-refractivity contribution in [1.82, 2.24) is 0 Å². The Labute approximate surface area is 155 Å². The molecule has 0 aromatic heterocycles. The van der Waals surface area contributed by atoms with Gasteiger partial charge in [0.05, 0.1) is 23.9 Å². The first-order valence-electron chi connectivity index (χ1n) is 8.54. The predicted molar refractivity (Wildman–Crippen MR) is 91.7 cm³/mol. The van der Waals surface area contributed by atoms with Crippen LogP contribution in [0.25, 0.3) is 0 Å². The number of allylic oxidation sites excluding steroid dienone is 2. The maximum absolute atomic E-state index is 12.9. The van der Waals surface area contributed by atoms with Gasteiger partial charge in [0.2, 0.25) is 0 Å². The van der Waals surface area contributed by atoms with Gasteiger partial charge in [-0.3, -0.25) is 0 Å². The van der Waals surface area contributed by atoms with Crippen LogP contribution in [0.1, 0.15) is 30.7 Å². The second kappa shape index (κ2) is 7.17. The molecular weight excluding hydrogens is 350 g/mol. The van der Waals surface area contributed by atoms with Crippen molar-refractivity contribution in [3.8, 4) is 24.0 Å². The molecule has 1 saturated carbocycles. The van der Waals surface area contributed by atoms with Crippen molar-refractivity contribution in [2.75, 3.05) is 0 Å². The molecule has 3 rings (SSSR count). The van der Waals surface area contributed by atoms with Gasteiger partial charge in [-0.25, -0.2) is 0 Å². The number of hydrogen-bond acceptors (Lipinski definition) is 5. The molecular formula is C20H16F2N4O. The monoisotopic (exact) mass is 366 g/mol. The fourth-order valence-electron chi connectivity index (χ4n) is 4.29. The number of nitrogens with one attached hydrogen (secondary N) is 1. The number of alkyl halides is 2. The third-order valence-corrected chi connectivity index (χ3v) is 5.40. The van der Waals surface area contributed by atoms with Crippen LogP contribution in [0.2, 0.25) is 0 Å². The Bertz CT molecular complexity index is 905. The van der Waals surface area contributed by atoms with Gasteiger partial charge in [-0.1, -0.05) is 24.3 Å². The molecule has 0 spiro atoms. The molecule has 7 heteroatoms. The summed E-state index contributed by atoms with van der Waals surface area (Å²) >= 11 is 0. The molecule has 1 N–H and O–H groups in total. The van der Waals surface area contributed by atoms with Crippen molar-refractivity contribution in [2.45, 2.75) is 31.8 Å². The number of ether oxygens (including phenoxy) is 1. The van der Waals surface area contributed by atoms with Gasteiger partial charge in [-0.15, -0.1) is 0 Å². The van der Waals surface area contributed by atoms with Crippen molar-refractivity contribution >= 4 is 5.71 Å². The van der Waals surface area contributed by atoms with E-state index in [9.17, 15) is 24.6 Å². The predicted octanol–water partition coefficient (Wildman–Crippen LogP) is 4.30. The standard InChI is InChI=1S/C20H16F2N4O/c21-19(22)27-16-8-4-3-7-14(16)17-13-6-2-1-5-12(13)15(9-23)18(26)20(17,10-24)11-25/h3-5,7-8,13,15,17,19,26H,1-2,6H2/t13-,15-,17-/m0/s1. The normalized spacial score (nSPS) is 26.1. The lowest BCUT2D eigenvalue weighted by atomic mass is 9.53. The van der Waals surface area contributed by atoms with Gasteiger partial charge < -0.3 is 10.1 Å². The van der Waals surface area contributed by atoms with Gasteiger partial charge in [-0.2, -0.15) is 24.6 Å². The Morgan fingerprint density at radius 3 is 2.52 bits per heavy atom. The van der Waals surface area contributed by atoms with Gasteiger partial charge in [0.25, 0.3) is 0 Å². The van der Waals surface area contributed by atoms with Crippen LogP contribution in [-0.2, 0) is 0 Å². The highest BCUT2D eigenvalue weighted by Gasteiger charge is 2.57. The second-order valence-electron chi connectivity index (χ2n) is 6.64. The molecule has 0 heterocycles. The molecule has 0 radical (unpaired) electrons. The summed E-state index contributed by atoms with van der Waals surface area (Å²) in [5.74, 6) is -2.28. The van der Waals surface area contributed by atoms with Gasteiger partial charge in [0.15, 0.2) is 5.41 Å². The second-order valence-corrected chi connectivity index (χ2v) is 6.64. The van der Waals surface area contributed by atoms with Crippen LogP contribution in [0, 0.1) is 56.7 Å². The molecule has 0 aliphatic heterocycles. The molecule has 0 bridgehead atoms. The SMILES string of the molecule is N#C[C@@H]1C(=N)C(C#N)(C#N)[C@H](c2ccccc2OC(F)F)[C@H]2CCCC=C12. The maximum Gasteiger partial charge on any atom is 0.387 e. The fraction of sp³-hybridized carbons (Fsp3) is 0.400. The van der Waals surface area contributed by atoms with Crippen molar-refractivity contribution in [1.29, 1.82) is 21.2 Å². The fourth-order valence-corrected chi connectivity index (χ4v) is 4.29. The Morgan fingerprint density at radius 1 is 1.19 bits per heavy atom. The van der Waals surface area contributed by atoms with Gasteiger partial charge in [0, 0.05) is 11.5 Å². The van der Waals surface area contributed by atoms with E-state index in [1.807, 2.05) is 24.3 Å². The van der Waals surface area contributed by atoms with E-state index in [0.717, 1.165) is 12.8 Å². The molecule has 0 amide bonds. The van der Waals surface area contributed by atoms with E-state index in [1.165, 1.54) is 12.1 Å². The first-order chi connectivity index (χ1) is 13.0. The largest absolute Gasteiger partial charge is 0.435 e. The summed E-state index contributed by atoms with van der Waals surface area (Å²) in [7, 11) is 0. The average Bonchev–Trinajstić information content (AvgIpc) is 2.67. The van der Waals surface area contributed by atoms with Crippen LogP contribution in [0.15, 0.2) is 35.9 Å². The quantitative estimate of drug-likeness (QED) is 0.805. The van der Waals surface area contributed by atoms with Gasteiger partial charge in [0.1, 0.15) is 11.7 Å². The smallest absolute Gasteiger partial charge is 0.387 e. The van der Waals surface area contributed by atoms with Crippen LogP contribution < -0.4 is 4.74 Å². The maximum atomic E-state index is 12.9. The number of benzene rings is 1. The molecule has 2 aliphatic rings. The minimum Gasteiger partial charge on any atom is -0.435 e. The molecule has 2 aliphatic carbocycles. The minimum absolute atomic E-state index is 0.111.